The number of methoxy groups -OCH3 is 2. The summed E-state index contributed by atoms with van der Waals surface area (Å²) < 4.78 is 16.3. The number of rotatable bonds is 8. The van der Waals surface area contributed by atoms with E-state index >= 15 is 0 Å². The number of esters is 1. The molecule has 0 aliphatic carbocycles. The van der Waals surface area contributed by atoms with Crippen LogP contribution in [0.4, 0.5) is 0 Å². The van der Waals surface area contributed by atoms with Gasteiger partial charge in [-0.25, -0.2) is 5.01 Å². The van der Waals surface area contributed by atoms with Crippen molar-refractivity contribution < 1.29 is 23.8 Å². The molecule has 4 rings (SSSR count). The van der Waals surface area contributed by atoms with Crippen molar-refractivity contribution >= 4 is 17.6 Å². The Kier molecular flexibility index (Phi) is 8.02. The minimum absolute atomic E-state index is 0.115. The zero-order chi connectivity index (χ0) is 24.8. The van der Waals surface area contributed by atoms with Crippen LogP contribution in [0.15, 0.2) is 53.6 Å². The molecule has 8 heteroatoms. The topological polar surface area (TPSA) is 80.7 Å². The lowest BCUT2D eigenvalue weighted by molar-refractivity contribution is -0.150. The van der Waals surface area contributed by atoms with Gasteiger partial charge in [0, 0.05) is 18.5 Å². The lowest BCUT2D eigenvalue weighted by Gasteiger charge is -2.32. The first-order valence-corrected chi connectivity index (χ1v) is 12.1. The summed E-state index contributed by atoms with van der Waals surface area (Å²) in [6, 6.07) is 15.2. The number of hydrazone groups is 1. The summed E-state index contributed by atoms with van der Waals surface area (Å²) in [4.78, 5) is 27.9. The summed E-state index contributed by atoms with van der Waals surface area (Å²) in [5, 5.41) is 6.36. The van der Waals surface area contributed by atoms with E-state index in [2.05, 4.69) is 0 Å². The van der Waals surface area contributed by atoms with Gasteiger partial charge in [0.15, 0.2) is 0 Å². The van der Waals surface area contributed by atoms with Crippen molar-refractivity contribution in [3.8, 4) is 11.5 Å². The number of benzene rings is 2. The second kappa shape index (κ2) is 11.4. The molecule has 2 atom stereocenters. The van der Waals surface area contributed by atoms with Crippen molar-refractivity contribution in [1.29, 1.82) is 0 Å². The van der Waals surface area contributed by atoms with Gasteiger partial charge in [-0.2, -0.15) is 5.10 Å². The van der Waals surface area contributed by atoms with E-state index in [1.54, 1.807) is 19.2 Å². The molecule has 186 valence electrons. The summed E-state index contributed by atoms with van der Waals surface area (Å²) in [6.45, 7) is 3.64. The van der Waals surface area contributed by atoms with Gasteiger partial charge in [0.05, 0.1) is 45.0 Å². The molecule has 1 fully saturated rings. The molecule has 0 N–H and O–H groups in total. The predicted octanol–water partition coefficient (Wildman–Crippen LogP) is 3.66. The van der Waals surface area contributed by atoms with Crippen LogP contribution in [-0.2, 0) is 14.3 Å². The third-order valence-electron chi connectivity index (χ3n) is 6.55. The summed E-state index contributed by atoms with van der Waals surface area (Å²) in [6.07, 6.45) is 2.19. The summed E-state index contributed by atoms with van der Waals surface area (Å²) in [7, 11) is 3.24. The Balaban J connectivity index is 1.59. The largest absolute Gasteiger partial charge is 0.497 e. The number of amides is 1. The van der Waals surface area contributed by atoms with Gasteiger partial charge in [0.25, 0.3) is 5.91 Å². The maximum atomic E-state index is 13.6. The third kappa shape index (κ3) is 5.65. The first-order chi connectivity index (χ1) is 17.0. The molecule has 2 aliphatic rings. The highest BCUT2D eigenvalue weighted by Crippen LogP contribution is 2.39. The van der Waals surface area contributed by atoms with Gasteiger partial charge in [-0.1, -0.05) is 30.3 Å². The Labute approximate surface area is 206 Å². The fraction of sp³-hybridized carbons (Fsp3) is 0.444. The zero-order valence-electron chi connectivity index (χ0n) is 20.6. The second-order valence-electron chi connectivity index (χ2n) is 8.81. The smallest absolute Gasteiger partial charge is 0.310 e. The number of hydrogen-bond donors (Lipinski definition) is 0. The van der Waals surface area contributed by atoms with Gasteiger partial charge in [-0.3, -0.25) is 14.5 Å². The number of nitrogens with zero attached hydrogens (tertiary/aromatic N) is 3. The van der Waals surface area contributed by atoms with E-state index in [1.165, 1.54) is 0 Å². The highest BCUT2D eigenvalue weighted by Gasteiger charge is 2.36. The lowest BCUT2D eigenvalue weighted by Crippen LogP contribution is -2.44. The normalized spacial score (nSPS) is 20.3. The average Bonchev–Trinajstić information content (AvgIpc) is 3.35. The highest BCUT2D eigenvalue weighted by atomic mass is 16.5. The van der Waals surface area contributed by atoms with Crippen molar-refractivity contribution in [1.82, 2.24) is 9.91 Å². The Morgan fingerprint density at radius 1 is 1.09 bits per heavy atom. The van der Waals surface area contributed by atoms with E-state index < -0.39 is 0 Å². The van der Waals surface area contributed by atoms with Crippen LogP contribution in [0.5, 0.6) is 11.5 Å². The molecule has 2 aromatic rings. The lowest BCUT2D eigenvalue weighted by atomic mass is 9.97. The Morgan fingerprint density at radius 3 is 2.60 bits per heavy atom. The molecule has 0 radical (unpaired) electrons. The van der Waals surface area contributed by atoms with Crippen LogP contribution in [0.3, 0.4) is 0 Å². The first kappa shape index (κ1) is 24.7. The highest BCUT2D eigenvalue weighted by molar-refractivity contribution is 6.03. The number of piperidine rings is 1. The fourth-order valence-electron chi connectivity index (χ4n) is 4.80. The van der Waals surface area contributed by atoms with Crippen molar-refractivity contribution in [2.24, 2.45) is 11.0 Å². The Morgan fingerprint density at radius 2 is 1.89 bits per heavy atom. The minimum atomic E-state index is -0.326. The van der Waals surface area contributed by atoms with Crippen molar-refractivity contribution in [3.63, 3.8) is 0 Å². The van der Waals surface area contributed by atoms with Crippen LogP contribution in [0, 0.1) is 5.92 Å². The van der Waals surface area contributed by atoms with Crippen LogP contribution in [0.2, 0.25) is 0 Å². The standard InChI is InChI=1S/C27H33N3O5/c1-4-35-27(32)20-11-8-14-29(17-20)18-26(31)30-24(16-23(28-30)19-9-6-5-7-10-19)22-15-21(33-2)12-13-25(22)34-3/h5-7,9-10,12-13,15,20,24H,4,8,11,14,16-18H2,1-3H3/t20-,24+/m1/s1. The Bertz CT molecular complexity index is 1070. The van der Waals surface area contributed by atoms with Crippen molar-refractivity contribution in [3.05, 3.63) is 59.7 Å². The van der Waals surface area contributed by atoms with Crippen LogP contribution in [0.1, 0.15) is 43.4 Å². The number of likely N-dealkylation sites (tertiary alicyclic amines) is 1. The van der Waals surface area contributed by atoms with E-state index in [0.717, 1.165) is 36.2 Å². The monoisotopic (exact) mass is 479 g/mol. The van der Waals surface area contributed by atoms with Crippen LogP contribution in [-0.4, -0.2) is 68.0 Å². The third-order valence-corrected chi connectivity index (χ3v) is 6.55. The molecule has 0 spiro atoms. The molecule has 2 heterocycles. The zero-order valence-corrected chi connectivity index (χ0v) is 20.6. The van der Waals surface area contributed by atoms with Crippen molar-refractivity contribution in [2.45, 2.75) is 32.2 Å². The summed E-state index contributed by atoms with van der Waals surface area (Å²) in [5.74, 6) is 0.866. The maximum Gasteiger partial charge on any atom is 0.310 e. The number of ether oxygens (including phenoxy) is 3. The second-order valence-corrected chi connectivity index (χ2v) is 8.81. The number of carbonyl (C=O) groups excluding carboxylic acids is 2. The minimum Gasteiger partial charge on any atom is -0.497 e. The molecule has 1 amide bonds. The van der Waals surface area contributed by atoms with Gasteiger partial charge in [0.1, 0.15) is 11.5 Å². The Hall–Kier alpha value is -3.39. The quantitative estimate of drug-likeness (QED) is 0.538. The first-order valence-electron chi connectivity index (χ1n) is 12.1. The van der Waals surface area contributed by atoms with E-state index in [0.29, 0.717) is 31.1 Å². The molecule has 2 aromatic carbocycles. The van der Waals surface area contributed by atoms with Crippen LogP contribution < -0.4 is 9.47 Å². The molecule has 1 saturated heterocycles. The molecule has 0 aromatic heterocycles. The van der Waals surface area contributed by atoms with E-state index in [9.17, 15) is 9.59 Å². The fourth-order valence-corrected chi connectivity index (χ4v) is 4.80. The molecular formula is C27H33N3O5. The number of hydrogen-bond acceptors (Lipinski definition) is 7. The molecule has 2 aliphatic heterocycles. The van der Waals surface area contributed by atoms with E-state index in [1.807, 2.05) is 60.4 Å². The average molecular weight is 480 g/mol. The van der Waals surface area contributed by atoms with Crippen LogP contribution >= 0.6 is 0 Å². The van der Waals surface area contributed by atoms with Gasteiger partial charge in [0.2, 0.25) is 0 Å². The molecule has 35 heavy (non-hydrogen) atoms. The van der Waals surface area contributed by atoms with E-state index in [-0.39, 0.29) is 30.4 Å². The van der Waals surface area contributed by atoms with E-state index in [4.69, 9.17) is 19.3 Å². The number of carbonyl (C=O) groups is 2. The van der Waals surface area contributed by atoms with Crippen molar-refractivity contribution in [2.75, 3.05) is 40.5 Å². The SMILES string of the molecule is CCOC(=O)[C@@H]1CCCN(CC(=O)N2N=C(c3ccccc3)C[C@H]2c2cc(OC)ccc2OC)C1. The molecule has 0 saturated carbocycles. The van der Waals surface area contributed by atoms with Gasteiger partial charge in [-0.15, -0.1) is 0 Å². The van der Waals surface area contributed by atoms with Gasteiger partial charge < -0.3 is 14.2 Å². The maximum absolute atomic E-state index is 13.6. The summed E-state index contributed by atoms with van der Waals surface area (Å²) >= 11 is 0. The molecule has 0 bridgehead atoms. The van der Waals surface area contributed by atoms with Gasteiger partial charge in [-0.05, 0) is 50.1 Å². The van der Waals surface area contributed by atoms with Gasteiger partial charge >= 0.3 is 5.97 Å². The summed E-state index contributed by atoms with van der Waals surface area (Å²) in [5.41, 5.74) is 2.67. The van der Waals surface area contributed by atoms with Crippen LogP contribution in [0.25, 0.3) is 0 Å². The molecule has 0 unspecified atom stereocenters. The molecular weight excluding hydrogens is 446 g/mol. The molecule has 8 nitrogen and oxygen atoms in total. The predicted molar refractivity (Wildman–Crippen MR) is 133 cm³/mol.